The van der Waals surface area contributed by atoms with Gasteiger partial charge in [-0.25, -0.2) is 9.97 Å². The number of hydrogen-bond donors (Lipinski definition) is 2. The zero-order valence-corrected chi connectivity index (χ0v) is 13.3. The van der Waals surface area contributed by atoms with Crippen LogP contribution in [0.1, 0.15) is 43.8 Å². The van der Waals surface area contributed by atoms with E-state index in [1.807, 2.05) is 6.07 Å². The van der Waals surface area contributed by atoms with Gasteiger partial charge in [0.15, 0.2) is 0 Å². The summed E-state index contributed by atoms with van der Waals surface area (Å²) in [5, 5.41) is 6.74. The Bertz CT molecular complexity index is 595. The molecule has 0 aliphatic carbocycles. The molecule has 1 unspecified atom stereocenters. The fraction of sp³-hybridized carbons (Fsp3) is 0.412. The largest absolute Gasteiger partial charge is 0.370 e. The number of nitrogens with zero attached hydrogens (tertiary/aromatic N) is 2. The standard InChI is InChI=1S/C17H24N4/c1-5-15-20-16(18-6-2)11-17(21-15)19-13(4)14-10-8-7-9-12(14)3/h7-11,13H,5-6H2,1-4H3,(H2,18,19,20,21). The Hall–Kier alpha value is -2.10. The van der Waals surface area contributed by atoms with Gasteiger partial charge >= 0.3 is 0 Å². The van der Waals surface area contributed by atoms with Gasteiger partial charge in [-0.05, 0) is 31.9 Å². The van der Waals surface area contributed by atoms with Gasteiger partial charge in [0.2, 0.25) is 0 Å². The van der Waals surface area contributed by atoms with Gasteiger partial charge in [-0.15, -0.1) is 0 Å². The number of hydrogen-bond acceptors (Lipinski definition) is 4. The molecule has 0 radical (unpaired) electrons. The lowest BCUT2D eigenvalue weighted by molar-refractivity contribution is 0.849. The van der Waals surface area contributed by atoms with Crippen LogP contribution in [0.4, 0.5) is 11.6 Å². The Labute approximate surface area is 127 Å². The second-order valence-corrected chi connectivity index (χ2v) is 5.16. The van der Waals surface area contributed by atoms with Crippen LogP contribution in [-0.2, 0) is 6.42 Å². The number of aryl methyl sites for hydroxylation is 2. The molecule has 1 heterocycles. The number of nitrogens with one attached hydrogen (secondary N) is 2. The van der Waals surface area contributed by atoms with Crippen LogP contribution in [0.3, 0.4) is 0 Å². The molecule has 1 aromatic carbocycles. The molecule has 2 rings (SSSR count). The summed E-state index contributed by atoms with van der Waals surface area (Å²) < 4.78 is 0. The normalized spacial score (nSPS) is 12.0. The van der Waals surface area contributed by atoms with E-state index < -0.39 is 0 Å². The topological polar surface area (TPSA) is 49.8 Å². The van der Waals surface area contributed by atoms with E-state index in [0.717, 1.165) is 30.4 Å². The van der Waals surface area contributed by atoms with Crippen molar-refractivity contribution >= 4 is 11.6 Å². The first-order valence-corrected chi connectivity index (χ1v) is 7.58. The van der Waals surface area contributed by atoms with E-state index in [2.05, 4.69) is 72.6 Å². The van der Waals surface area contributed by atoms with E-state index in [1.165, 1.54) is 11.1 Å². The molecule has 1 atom stereocenters. The first-order valence-electron chi connectivity index (χ1n) is 7.58. The summed E-state index contributed by atoms with van der Waals surface area (Å²) in [5.74, 6) is 2.60. The Balaban J connectivity index is 2.22. The van der Waals surface area contributed by atoms with E-state index in [4.69, 9.17) is 0 Å². The number of benzene rings is 1. The summed E-state index contributed by atoms with van der Waals surface area (Å²) in [6, 6.07) is 10.6. The second kappa shape index (κ2) is 7.07. The van der Waals surface area contributed by atoms with Gasteiger partial charge in [0.05, 0.1) is 6.04 Å². The molecule has 4 nitrogen and oxygen atoms in total. The maximum atomic E-state index is 4.57. The third kappa shape index (κ3) is 3.94. The van der Waals surface area contributed by atoms with Gasteiger partial charge in [-0.2, -0.15) is 0 Å². The van der Waals surface area contributed by atoms with Crippen molar-refractivity contribution in [2.24, 2.45) is 0 Å². The minimum Gasteiger partial charge on any atom is -0.370 e. The molecule has 0 spiro atoms. The molecule has 4 heteroatoms. The van der Waals surface area contributed by atoms with Crippen LogP contribution < -0.4 is 10.6 Å². The fourth-order valence-electron chi connectivity index (χ4n) is 2.37. The maximum absolute atomic E-state index is 4.57. The van der Waals surface area contributed by atoms with Crippen molar-refractivity contribution < 1.29 is 0 Å². The summed E-state index contributed by atoms with van der Waals surface area (Å²) in [5.41, 5.74) is 2.58. The zero-order chi connectivity index (χ0) is 15.2. The molecule has 0 fully saturated rings. The number of aromatic nitrogens is 2. The Morgan fingerprint density at radius 3 is 2.48 bits per heavy atom. The minimum atomic E-state index is 0.209. The molecular weight excluding hydrogens is 260 g/mol. The lowest BCUT2D eigenvalue weighted by atomic mass is 10.0. The summed E-state index contributed by atoms with van der Waals surface area (Å²) in [7, 11) is 0. The van der Waals surface area contributed by atoms with Crippen molar-refractivity contribution in [2.45, 2.75) is 40.2 Å². The fourth-order valence-corrected chi connectivity index (χ4v) is 2.37. The number of rotatable bonds is 6. The highest BCUT2D eigenvalue weighted by atomic mass is 15.1. The van der Waals surface area contributed by atoms with Crippen molar-refractivity contribution in [2.75, 3.05) is 17.2 Å². The Kier molecular flexibility index (Phi) is 5.14. The smallest absolute Gasteiger partial charge is 0.132 e. The SMILES string of the molecule is CCNc1cc(NC(C)c2ccccc2C)nc(CC)n1. The van der Waals surface area contributed by atoms with Crippen LogP contribution >= 0.6 is 0 Å². The van der Waals surface area contributed by atoms with Crippen LogP contribution in [0.2, 0.25) is 0 Å². The van der Waals surface area contributed by atoms with Gasteiger partial charge in [0.25, 0.3) is 0 Å². The average molecular weight is 284 g/mol. The van der Waals surface area contributed by atoms with Crippen LogP contribution in [0, 0.1) is 6.92 Å². The predicted molar refractivity (Wildman–Crippen MR) is 88.8 cm³/mol. The molecule has 0 bridgehead atoms. The van der Waals surface area contributed by atoms with Crippen LogP contribution in [0.5, 0.6) is 0 Å². The molecule has 0 saturated carbocycles. The molecular formula is C17H24N4. The molecule has 0 saturated heterocycles. The molecule has 2 aromatic rings. The first kappa shape index (κ1) is 15.3. The highest BCUT2D eigenvalue weighted by Crippen LogP contribution is 2.22. The van der Waals surface area contributed by atoms with E-state index in [0.29, 0.717) is 0 Å². The summed E-state index contributed by atoms with van der Waals surface area (Å²) >= 11 is 0. The van der Waals surface area contributed by atoms with Crippen LogP contribution in [0.25, 0.3) is 0 Å². The molecule has 0 aliphatic heterocycles. The van der Waals surface area contributed by atoms with Crippen molar-refractivity contribution in [1.82, 2.24) is 9.97 Å². The first-order chi connectivity index (χ1) is 10.1. The molecule has 21 heavy (non-hydrogen) atoms. The Morgan fingerprint density at radius 1 is 1.10 bits per heavy atom. The van der Waals surface area contributed by atoms with Crippen LogP contribution in [0.15, 0.2) is 30.3 Å². The summed E-state index contributed by atoms with van der Waals surface area (Å²) in [6.45, 7) is 9.28. The second-order valence-electron chi connectivity index (χ2n) is 5.16. The zero-order valence-electron chi connectivity index (χ0n) is 13.3. The van der Waals surface area contributed by atoms with Gasteiger partial charge < -0.3 is 10.6 Å². The third-order valence-corrected chi connectivity index (χ3v) is 3.47. The number of anilines is 2. The molecule has 0 amide bonds. The monoisotopic (exact) mass is 284 g/mol. The van der Waals surface area contributed by atoms with Gasteiger partial charge in [-0.1, -0.05) is 31.2 Å². The van der Waals surface area contributed by atoms with Gasteiger partial charge in [0, 0.05) is 19.0 Å². The quantitative estimate of drug-likeness (QED) is 0.843. The average Bonchev–Trinajstić information content (AvgIpc) is 2.47. The minimum absolute atomic E-state index is 0.209. The van der Waals surface area contributed by atoms with E-state index >= 15 is 0 Å². The summed E-state index contributed by atoms with van der Waals surface area (Å²) in [4.78, 5) is 9.04. The van der Waals surface area contributed by atoms with Crippen molar-refractivity contribution in [1.29, 1.82) is 0 Å². The lowest BCUT2D eigenvalue weighted by Crippen LogP contribution is -2.12. The van der Waals surface area contributed by atoms with Crippen molar-refractivity contribution in [3.8, 4) is 0 Å². The molecule has 2 N–H and O–H groups in total. The highest BCUT2D eigenvalue weighted by molar-refractivity contribution is 5.49. The Morgan fingerprint density at radius 2 is 1.81 bits per heavy atom. The highest BCUT2D eigenvalue weighted by Gasteiger charge is 2.10. The van der Waals surface area contributed by atoms with Gasteiger partial charge in [-0.3, -0.25) is 0 Å². The molecule has 112 valence electrons. The van der Waals surface area contributed by atoms with Gasteiger partial charge in [0.1, 0.15) is 17.5 Å². The van der Waals surface area contributed by atoms with Crippen molar-refractivity contribution in [3.05, 3.63) is 47.3 Å². The summed E-state index contributed by atoms with van der Waals surface area (Å²) in [6.07, 6.45) is 0.826. The van der Waals surface area contributed by atoms with E-state index in [-0.39, 0.29) is 6.04 Å². The van der Waals surface area contributed by atoms with E-state index in [9.17, 15) is 0 Å². The molecule has 1 aromatic heterocycles. The molecule has 0 aliphatic rings. The third-order valence-electron chi connectivity index (χ3n) is 3.47. The maximum Gasteiger partial charge on any atom is 0.132 e. The lowest BCUT2D eigenvalue weighted by Gasteiger charge is -2.18. The van der Waals surface area contributed by atoms with Crippen molar-refractivity contribution in [3.63, 3.8) is 0 Å². The van der Waals surface area contributed by atoms with E-state index in [1.54, 1.807) is 0 Å². The van der Waals surface area contributed by atoms with Crippen LogP contribution in [-0.4, -0.2) is 16.5 Å². The predicted octanol–water partition coefficient (Wildman–Crippen LogP) is 3.95.